The standard InChI is InChI=1S/C20H32N4O2S/c1-15-21-17(14-27-15)12-19(25)23-10-7-16(8-11-23)18-6-4-5-9-24(18)13-20(26)22(2)3/h14,16,18H,4-13H2,1-3H3/t18-/m0/s1. The number of nitrogens with zero attached hydrogens (tertiary/aromatic N) is 4. The zero-order chi connectivity index (χ0) is 19.4. The number of carbonyl (C=O) groups is 2. The summed E-state index contributed by atoms with van der Waals surface area (Å²) >= 11 is 1.60. The molecule has 1 aromatic heterocycles. The second-order valence-corrected chi connectivity index (χ2v) is 9.14. The van der Waals surface area contributed by atoms with Crippen molar-refractivity contribution in [1.82, 2.24) is 19.7 Å². The third kappa shape index (κ3) is 5.29. The minimum atomic E-state index is 0.188. The van der Waals surface area contributed by atoms with Gasteiger partial charge in [-0.05, 0) is 45.1 Å². The number of thiazole rings is 1. The molecule has 0 spiro atoms. The second kappa shape index (κ2) is 9.15. The van der Waals surface area contributed by atoms with E-state index in [1.54, 1.807) is 16.2 Å². The van der Waals surface area contributed by atoms with E-state index in [0.717, 1.165) is 43.2 Å². The predicted octanol–water partition coefficient (Wildman–Crippen LogP) is 2.18. The van der Waals surface area contributed by atoms with Crippen molar-refractivity contribution in [3.05, 3.63) is 16.1 Å². The zero-order valence-electron chi connectivity index (χ0n) is 16.8. The predicted molar refractivity (Wildman–Crippen MR) is 108 cm³/mol. The van der Waals surface area contributed by atoms with Gasteiger partial charge in [-0.15, -0.1) is 11.3 Å². The van der Waals surface area contributed by atoms with E-state index in [0.29, 0.717) is 24.9 Å². The van der Waals surface area contributed by atoms with Crippen LogP contribution < -0.4 is 0 Å². The molecule has 0 unspecified atom stereocenters. The summed E-state index contributed by atoms with van der Waals surface area (Å²) in [6, 6.07) is 0.487. The highest BCUT2D eigenvalue weighted by Gasteiger charge is 2.34. The van der Waals surface area contributed by atoms with Crippen LogP contribution in [0.2, 0.25) is 0 Å². The maximum atomic E-state index is 12.6. The van der Waals surface area contributed by atoms with Gasteiger partial charge in [-0.2, -0.15) is 0 Å². The molecule has 0 N–H and O–H groups in total. The van der Waals surface area contributed by atoms with Crippen molar-refractivity contribution in [2.45, 2.75) is 51.5 Å². The molecule has 6 nitrogen and oxygen atoms in total. The van der Waals surface area contributed by atoms with Gasteiger partial charge in [-0.1, -0.05) is 6.42 Å². The Morgan fingerprint density at radius 3 is 2.56 bits per heavy atom. The number of aromatic nitrogens is 1. The molecule has 2 aliphatic heterocycles. The van der Waals surface area contributed by atoms with Crippen molar-refractivity contribution >= 4 is 23.2 Å². The molecule has 2 amide bonds. The summed E-state index contributed by atoms with van der Waals surface area (Å²) in [5.41, 5.74) is 0.894. The molecule has 1 aromatic rings. The van der Waals surface area contributed by atoms with Gasteiger partial charge in [0.1, 0.15) is 0 Å². The van der Waals surface area contributed by atoms with Gasteiger partial charge in [0.15, 0.2) is 0 Å². The van der Waals surface area contributed by atoms with Crippen LogP contribution >= 0.6 is 11.3 Å². The average Bonchev–Trinajstić information content (AvgIpc) is 3.07. The zero-order valence-corrected chi connectivity index (χ0v) is 17.6. The van der Waals surface area contributed by atoms with Crippen molar-refractivity contribution in [1.29, 1.82) is 0 Å². The van der Waals surface area contributed by atoms with Crippen LogP contribution in [-0.4, -0.2) is 77.8 Å². The van der Waals surface area contributed by atoms with Crippen LogP contribution in [0, 0.1) is 12.8 Å². The van der Waals surface area contributed by atoms with Gasteiger partial charge in [0.05, 0.1) is 23.7 Å². The van der Waals surface area contributed by atoms with Crippen molar-refractivity contribution in [3.63, 3.8) is 0 Å². The lowest BCUT2D eigenvalue weighted by Gasteiger charge is -2.43. The van der Waals surface area contributed by atoms with Gasteiger partial charge in [0, 0.05) is 38.6 Å². The fourth-order valence-corrected chi connectivity index (χ4v) is 4.96. The van der Waals surface area contributed by atoms with Gasteiger partial charge in [-0.3, -0.25) is 14.5 Å². The van der Waals surface area contributed by atoms with Crippen LogP contribution in [0.1, 0.15) is 42.8 Å². The first-order chi connectivity index (χ1) is 12.9. The molecule has 27 heavy (non-hydrogen) atoms. The lowest BCUT2D eigenvalue weighted by molar-refractivity contribution is -0.132. The molecule has 3 rings (SSSR count). The van der Waals surface area contributed by atoms with Gasteiger partial charge >= 0.3 is 0 Å². The molecule has 150 valence electrons. The summed E-state index contributed by atoms with van der Waals surface area (Å²) in [6.07, 6.45) is 6.11. The number of aryl methyl sites for hydroxylation is 1. The first kappa shape index (κ1) is 20.3. The van der Waals surface area contributed by atoms with E-state index in [9.17, 15) is 9.59 Å². The number of hydrogen-bond donors (Lipinski definition) is 0. The van der Waals surface area contributed by atoms with Gasteiger partial charge in [0.25, 0.3) is 0 Å². The van der Waals surface area contributed by atoms with E-state index in [2.05, 4.69) is 9.88 Å². The lowest BCUT2D eigenvalue weighted by Crippen LogP contribution is -2.51. The quantitative estimate of drug-likeness (QED) is 0.771. The summed E-state index contributed by atoms with van der Waals surface area (Å²) in [5.74, 6) is 0.973. The van der Waals surface area contributed by atoms with Gasteiger partial charge < -0.3 is 9.80 Å². The van der Waals surface area contributed by atoms with Gasteiger partial charge in [0.2, 0.25) is 11.8 Å². The number of piperidine rings is 2. The van der Waals surface area contributed by atoms with Crippen LogP contribution in [0.15, 0.2) is 5.38 Å². The first-order valence-corrected chi connectivity index (χ1v) is 10.9. The normalized spacial score (nSPS) is 22.0. The SMILES string of the molecule is Cc1nc(CC(=O)N2CCC([C@@H]3CCCCN3CC(=O)N(C)C)CC2)cs1. The molecule has 7 heteroatoms. The molecular weight excluding hydrogens is 360 g/mol. The van der Waals surface area contributed by atoms with Crippen LogP contribution in [0.3, 0.4) is 0 Å². The molecular formula is C20H32N4O2S. The van der Waals surface area contributed by atoms with Crippen molar-refractivity contribution in [2.75, 3.05) is 40.3 Å². The number of amides is 2. The minimum absolute atomic E-state index is 0.188. The summed E-state index contributed by atoms with van der Waals surface area (Å²) < 4.78 is 0. The summed E-state index contributed by atoms with van der Waals surface area (Å²) in [7, 11) is 3.66. The average molecular weight is 393 g/mol. The Labute approximate surface area is 166 Å². The monoisotopic (exact) mass is 392 g/mol. The highest BCUT2D eigenvalue weighted by molar-refractivity contribution is 7.09. The Morgan fingerprint density at radius 2 is 1.93 bits per heavy atom. The molecule has 0 aliphatic carbocycles. The number of likely N-dealkylation sites (N-methyl/N-ethyl adjacent to an activating group) is 1. The van der Waals surface area contributed by atoms with E-state index in [-0.39, 0.29) is 11.8 Å². The van der Waals surface area contributed by atoms with E-state index in [1.165, 1.54) is 19.3 Å². The van der Waals surface area contributed by atoms with Crippen molar-refractivity contribution < 1.29 is 9.59 Å². The van der Waals surface area contributed by atoms with Crippen LogP contribution in [0.5, 0.6) is 0 Å². The van der Waals surface area contributed by atoms with Crippen LogP contribution in [0.4, 0.5) is 0 Å². The van der Waals surface area contributed by atoms with Gasteiger partial charge in [-0.25, -0.2) is 4.98 Å². The fraction of sp³-hybridized carbons (Fsp3) is 0.750. The maximum absolute atomic E-state index is 12.6. The topological polar surface area (TPSA) is 56.8 Å². The number of carbonyl (C=O) groups excluding carboxylic acids is 2. The Balaban J connectivity index is 1.52. The third-order valence-corrected chi connectivity index (χ3v) is 6.76. The summed E-state index contributed by atoms with van der Waals surface area (Å²) in [5, 5.41) is 3.00. The molecule has 2 fully saturated rings. The number of hydrogen-bond acceptors (Lipinski definition) is 5. The Hall–Kier alpha value is -1.47. The largest absolute Gasteiger partial charge is 0.348 e. The smallest absolute Gasteiger partial charge is 0.236 e. The Kier molecular flexibility index (Phi) is 6.87. The number of rotatable bonds is 5. The Morgan fingerprint density at radius 1 is 1.19 bits per heavy atom. The van der Waals surface area contributed by atoms with Crippen molar-refractivity contribution in [2.24, 2.45) is 5.92 Å². The van der Waals surface area contributed by atoms with E-state index in [1.807, 2.05) is 31.3 Å². The third-order valence-electron chi connectivity index (χ3n) is 5.94. The molecule has 0 saturated carbocycles. The number of likely N-dealkylation sites (tertiary alicyclic amines) is 2. The highest BCUT2D eigenvalue weighted by atomic mass is 32.1. The molecule has 0 aromatic carbocycles. The first-order valence-electron chi connectivity index (χ1n) is 10.1. The fourth-order valence-electron chi connectivity index (χ4n) is 4.35. The molecule has 1 atom stereocenters. The second-order valence-electron chi connectivity index (χ2n) is 8.07. The summed E-state index contributed by atoms with van der Waals surface area (Å²) in [6.45, 7) is 5.19. The molecule has 2 aliphatic rings. The minimum Gasteiger partial charge on any atom is -0.348 e. The van der Waals surface area contributed by atoms with Crippen molar-refractivity contribution in [3.8, 4) is 0 Å². The van der Waals surface area contributed by atoms with Crippen LogP contribution in [-0.2, 0) is 16.0 Å². The molecule has 0 bridgehead atoms. The molecule has 3 heterocycles. The lowest BCUT2D eigenvalue weighted by atomic mass is 9.83. The maximum Gasteiger partial charge on any atom is 0.236 e. The summed E-state index contributed by atoms with van der Waals surface area (Å²) in [4.78, 5) is 35.3. The van der Waals surface area contributed by atoms with E-state index >= 15 is 0 Å². The highest BCUT2D eigenvalue weighted by Crippen LogP contribution is 2.30. The van der Waals surface area contributed by atoms with E-state index < -0.39 is 0 Å². The Bertz CT molecular complexity index is 652. The molecule has 0 radical (unpaired) electrons. The molecule has 2 saturated heterocycles. The van der Waals surface area contributed by atoms with Crippen LogP contribution in [0.25, 0.3) is 0 Å². The van der Waals surface area contributed by atoms with E-state index in [4.69, 9.17) is 0 Å².